The van der Waals surface area contributed by atoms with E-state index in [4.69, 9.17) is 0 Å². The van der Waals surface area contributed by atoms with Crippen molar-refractivity contribution in [2.75, 3.05) is 0 Å². The highest BCUT2D eigenvalue weighted by molar-refractivity contribution is 5.87. The summed E-state index contributed by atoms with van der Waals surface area (Å²) >= 11 is 0. The monoisotopic (exact) mass is 333 g/mol. The molecule has 0 bridgehead atoms. The van der Waals surface area contributed by atoms with Gasteiger partial charge in [0.25, 0.3) is 0 Å². The van der Waals surface area contributed by atoms with Crippen molar-refractivity contribution < 1.29 is 15.0 Å². The van der Waals surface area contributed by atoms with Gasteiger partial charge in [-0.25, -0.2) is 0 Å². The minimum absolute atomic E-state index is 0.00667. The van der Waals surface area contributed by atoms with Gasteiger partial charge in [0.2, 0.25) is 5.91 Å². The van der Waals surface area contributed by atoms with Crippen LogP contribution in [0.3, 0.4) is 0 Å². The van der Waals surface area contributed by atoms with E-state index in [1.165, 1.54) is 11.3 Å². The van der Waals surface area contributed by atoms with E-state index in [0.29, 0.717) is 5.92 Å². The largest absolute Gasteiger partial charge is 0.393 e. The summed E-state index contributed by atoms with van der Waals surface area (Å²) in [5.41, 5.74) is 2.18. The summed E-state index contributed by atoms with van der Waals surface area (Å²) < 4.78 is 0. The van der Waals surface area contributed by atoms with Gasteiger partial charge in [-0.15, -0.1) is 0 Å². The minimum Gasteiger partial charge on any atom is -0.393 e. The fourth-order valence-corrected chi connectivity index (χ4v) is 6.59. The fraction of sp³-hybridized carbons (Fsp3) is 0.850. The van der Waals surface area contributed by atoms with Crippen LogP contribution in [-0.2, 0) is 4.79 Å². The van der Waals surface area contributed by atoms with Gasteiger partial charge in [-0.1, -0.05) is 6.92 Å². The van der Waals surface area contributed by atoms with E-state index in [-0.39, 0.29) is 29.3 Å². The Morgan fingerprint density at radius 1 is 1.21 bits per heavy atom. The average molecular weight is 333 g/mol. The van der Waals surface area contributed by atoms with Crippen LogP contribution in [0.2, 0.25) is 0 Å². The van der Waals surface area contributed by atoms with Gasteiger partial charge in [-0.3, -0.25) is 4.79 Å². The topological polar surface area (TPSA) is 69.6 Å². The molecule has 2 fully saturated rings. The van der Waals surface area contributed by atoms with Crippen molar-refractivity contribution >= 4 is 5.91 Å². The van der Waals surface area contributed by atoms with Gasteiger partial charge in [0.1, 0.15) is 0 Å². The van der Waals surface area contributed by atoms with Gasteiger partial charge < -0.3 is 15.5 Å². The molecule has 0 radical (unpaired) electrons. The van der Waals surface area contributed by atoms with E-state index in [9.17, 15) is 15.0 Å². The molecule has 134 valence electrons. The third-order valence-corrected chi connectivity index (χ3v) is 8.10. The molecule has 3 aliphatic carbocycles. The molecule has 1 amide bonds. The molecule has 3 N–H and O–H groups in total. The molecule has 0 unspecified atom stereocenters. The first-order chi connectivity index (χ1) is 11.3. The summed E-state index contributed by atoms with van der Waals surface area (Å²) in [5, 5.41) is 23.6. The lowest BCUT2D eigenvalue weighted by atomic mass is 9.55. The maximum absolute atomic E-state index is 13.1. The molecule has 4 heteroatoms. The van der Waals surface area contributed by atoms with Crippen molar-refractivity contribution in [1.82, 2.24) is 5.32 Å². The first-order valence-electron chi connectivity index (χ1n) is 9.69. The van der Waals surface area contributed by atoms with Crippen molar-refractivity contribution in [3.05, 3.63) is 11.3 Å². The highest BCUT2D eigenvalue weighted by Gasteiger charge is 2.60. The van der Waals surface area contributed by atoms with E-state index in [1.54, 1.807) is 0 Å². The smallest absolute Gasteiger partial charge is 0.231 e. The summed E-state index contributed by atoms with van der Waals surface area (Å²) in [7, 11) is 0. The number of hydrogen-bond donors (Lipinski definition) is 3. The second kappa shape index (κ2) is 5.31. The van der Waals surface area contributed by atoms with Gasteiger partial charge in [0, 0.05) is 11.1 Å². The van der Waals surface area contributed by atoms with Crippen molar-refractivity contribution in [3.8, 4) is 0 Å². The molecule has 1 heterocycles. The van der Waals surface area contributed by atoms with E-state index in [0.717, 1.165) is 44.9 Å². The highest BCUT2D eigenvalue weighted by Crippen LogP contribution is 2.61. The molecule has 4 nitrogen and oxygen atoms in total. The van der Waals surface area contributed by atoms with Gasteiger partial charge in [0.15, 0.2) is 0 Å². The number of fused-ring (bicyclic) bond motifs is 4. The summed E-state index contributed by atoms with van der Waals surface area (Å²) in [6, 6.07) is 0. The highest BCUT2D eigenvalue weighted by atomic mass is 16.3. The predicted molar refractivity (Wildman–Crippen MR) is 91.9 cm³/mol. The van der Waals surface area contributed by atoms with Gasteiger partial charge >= 0.3 is 0 Å². The van der Waals surface area contributed by atoms with E-state index in [1.807, 2.05) is 6.92 Å². The van der Waals surface area contributed by atoms with Crippen molar-refractivity contribution in [3.63, 3.8) is 0 Å². The molecule has 0 aromatic carbocycles. The second-order valence-corrected chi connectivity index (χ2v) is 9.20. The van der Waals surface area contributed by atoms with Crippen molar-refractivity contribution in [2.24, 2.45) is 28.6 Å². The summed E-state index contributed by atoms with van der Waals surface area (Å²) in [6.45, 7) is 6.19. The number of amides is 1. The number of carbonyl (C=O) groups is 1. The molecule has 1 aliphatic heterocycles. The Morgan fingerprint density at radius 3 is 2.67 bits per heavy atom. The third-order valence-electron chi connectivity index (χ3n) is 8.10. The molecule has 2 saturated carbocycles. The standard InChI is InChI=1S/C20H31NO3/c1-11(22)15-6-7-16-14-5-4-12-10-13(23)8-9-19(12,2)17(14)21-18(24)20(15,16)3/h11-13,15-16,22-23H,4-10H2,1-3H3,(H,21,24)/t11-,12+,13+,15+,16+,19+,20-/m1/s1. The Labute approximate surface area is 144 Å². The number of nitrogens with one attached hydrogen (secondary N) is 1. The maximum atomic E-state index is 13.1. The lowest BCUT2D eigenvalue weighted by molar-refractivity contribution is -0.138. The molecule has 4 aliphatic rings. The first kappa shape index (κ1) is 16.6. The Balaban J connectivity index is 1.76. The fourth-order valence-electron chi connectivity index (χ4n) is 6.59. The molecule has 0 spiro atoms. The van der Waals surface area contributed by atoms with Crippen LogP contribution in [0.1, 0.15) is 65.7 Å². The van der Waals surface area contributed by atoms with Crippen LogP contribution in [0.15, 0.2) is 11.3 Å². The Kier molecular flexibility index (Phi) is 3.67. The zero-order valence-electron chi connectivity index (χ0n) is 15.1. The van der Waals surface area contributed by atoms with Crippen LogP contribution in [0, 0.1) is 28.6 Å². The van der Waals surface area contributed by atoms with Gasteiger partial charge in [0.05, 0.1) is 17.6 Å². The lowest BCUT2D eigenvalue weighted by Gasteiger charge is -2.54. The summed E-state index contributed by atoms with van der Waals surface area (Å²) in [6.07, 6.45) is 6.14. The van der Waals surface area contributed by atoms with Crippen LogP contribution in [0.25, 0.3) is 0 Å². The van der Waals surface area contributed by atoms with Gasteiger partial charge in [-0.05, 0) is 82.1 Å². The zero-order valence-corrected chi connectivity index (χ0v) is 15.1. The molecule has 24 heavy (non-hydrogen) atoms. The van der Waals surface area contributed by atoms with E-state index < -0.39 is 11.5 Å². The molecule has 7 atom stereocenters. The molecule has 4 rings (SSSR count). The Morgan fingerprint density at radius 2 is 1.96 bits per heavy atom. The predicted octanol–water partition coefficient (Wildman–Crippen LogP) is 2.74. The lowest BCUT2D eigenvalue weighted by Crippen LogP contribution is -2.56. The van der Waals surface area contributed by atoms with Crippen LogP contribution in [0.4, 0.5) is 0 Å². The number of allylic oxidation sites excluding steroid dienone is 2. The molecule has 0 aromatic rings. The van der Waals surface area contributed by atoms with Gasteiger partial charge in [-0.2, -0.15) is 0 Å². The Hall–Kier alpha value is -0.870. The normalized spacial score (nSPS) is 49.1. The molecule has 0 aromatic heterocycles. The number of hydrogen-bond acceptors (Lipinski definition) is 3. The Bertz CT molecular complexity index is 598. The number of aliphatic hydroxyl groups is 2. The SMILES string of the molecule is C[C@@H](O)[C@@H]1CC[C@H]2C3=C(NC(=O)[C@@]21C)[C@@]1(C)CC[C@H](O)C[C@@H]1CC3. The summed E-state index contributed by atoms with van der Waals surface area (Å²) in [4.78, 5) is 13.1. The third kappa shape index (κ3) is 2.02. The van der Waals surface area contributed by atoms with Crippen LogP contribution < -0.4 is 5.32 Å². The van der Waals surface area contributed by atoms with Crippen molar-refractivity contribution in [1.29, 1.82) is 0 Å². The van der Waals surface area contributed by atoms with Crippen LogP contribution in [0.5, 0.6) is 0 Å². The minimum atomic E-state index is -0.468. The summed E-state index contributed by atoms with van der Waals surface area (Å²) in [5.74, 6) is 0.919. The zero-order chi connectivity index (χ0) is 17.3. The quantitative estimate of drug-likeness (QED) is 0.691. The van der Waals surface area contributed by atoms with Crippen LogP contribution in [-0.4, -0.2) is 28.3 Å². The number of aliphatic hydroxyl groups excluding tert-OH is 2. The number of rotatable bonds is 1. The number of carbonyl (C=O) groups excluding carboxylic acids is 1. The van der Waals surface area contributed by atoms with Crippen molar-refractivity contribution in [2.45, 2.75) is 77.9 Å². The van der Waals surface area contributed by atoms with E-state index >= 15 is 0 Å². The second-order valence-electron chi connectivity index (χ2n) is 9.20. The first-order valence-corrected chi connectivity index (χ1v) is 9.69. The molecular formula is C20H31NO3. The van der Waals surface area contributed by atoms with Crippen LogP contribution >= 0.6 is 0 Å². The van der Waals surface area contributed by atoms with E-state index in [2.05, 4.69) is 19.2 Å². The maximum Gasteiger partial charge on any atom is 0.231 e. The molecular weight excluding hydrogens is 302 g/mol. The average Bonchev–Trinajstić information content (AvgIpc) is 2.88. The molecule has 0 saturated heterocycles.